The molecule has 2 N–H and O–H groups in total. The molecule has 3 aromatic carbocycles. The number of amides is 3. The summed E-state index contributed by atoms with van der Waals surface area (Å²) in [4.78, 5) is 39.9. The van der Waals surface area contributed by atoms with Gasteiger partial charge in [0.25, 0.3) is 21.8 Å². The molecule has 0 radical (unpaired) electrons. The second kappa shape index (κ2) is 12.0. The molecule has 0 aromatic heterocycles. The second-order valence-electron chi connectivity index (χ2n) is 9.01. The van der Waals surface area contributed by atoms with E-state index in [2.05, 4.69) is 5.32 Å². The molecule has 38 heavy (non-hydrogen) atoms. The predicted molar refractivity (Wildman–Crippen MR) is 142 cm³/mol. The van der Waals surface area contributed by atoms with Crippen molar-refractivity contribution in [2.24, 2.45) is 5.92 Å². The Labute approximate surface area is 221 Å². The third-order valence-corrected chi connectivity index (χ3v) is 8.11. The summed E-state index contributed by atoms with van der Waals surface area (Å²) in [5.74, 6) is -1.44. The number of aliphatic hydroxyl groups excluding tert-OH is 1. The van der Waals surface area contributed by atoms with E-state index in [0.29, 0.717) is 13.1 Å². The lowest BCUT2D eigenvalue weighted by atomic mass is 9.99. The maximum Gasteiger partial charge on any atom is 0.272 e. The van der Waals surface area contributed by atoms with Crippen molar-refractivity contribution in [3.8, 4) is 0 Å². The van der Waals surface area contributed by atoms with Gasteiger partial charge in [-0.05, 0) is 67.3 Å². The van der Waals surface area contributed by atoms with E-state index in [4.69, 9.17) is 0 Å². The molecule has 4 rings (SSSR count). The lowest BCUT2D eigenvalue weighted by Gasteiger charge is -2.31. The number of nitrogens with zero attached hydrogens (tertiary/aromatic N) is 2. The van der Waals surface area contributed by atoms with Crippen molar-refractivity contribution < 1.29 is 27.9 Å². The fourth-order valence-corrected chi connectivity index (χ4v) is 5.73. The van der Waals surface area contributed by atoms with Gasteiger partial charge in [0.15, 0.2) is 0 Å². The quantitative estimate of drug-likeness (QED) is 0.457. The number of hydrogen-bond donors (Lipinski definition) is 2. The summed E-state index contributed by atoms with van der Waals surface area (Å²) in [6.07, 6.45) is 1.66. The summed E-state index contributed by atoms with van der Waals surface area (Å²) in [6.45, 7) is 0.850. The molecule has 1 atom stereocenters. The van der Waals surface area contributed by atoms with Crippen molar-refractivity contribution in [1.29, 1.82) is 0 Å². The minimum absolute atomic E-state index is 0.0179. The molecule has 0 spiro atoms. The summed E-state index contributed by atoms with van der Waals surface area (Å²) in [7, 11) is -4.32. The van der Waals surface area contributed by atoms with Gasteiger partial charge in [0.1, 0.15) is 0 Å². The van der Waals surface area contributed by atoms with Gasteiger partial charge < -0.3 is 15.3 Å². The summed E-state index contributed by atoms with van der Waals surface area (Å²) in [5.41, 5.74) is 0.562. The van der Waals surface area contributed by atoms with Crippen molar-refractivity contribution in [1.82, 2.24) is 10.2 Å². The molecule has 1 heterocycles. The number of sulfonamides is 1. The van der Waals surface area contributed by atoms with Crippen LogP contribution in [-0.2, 0) is 14.8 Å². The zero-order valence-electron chi connectivity index (χ0n) is 20.7. The van der Waals surface area contributed by atoms with Crippen LogP contribution < -0.4 is 9.62 Å². The van der Waals surface area contributed by atoms with E-state index in [1.807, 2.05) is 0 Å². The number of rotatable bonds is 8. The van der Waals surface area contributed by atoms with Crippen LogP contribution in [0.4, 0.5) is 5.69 Å². The summed E-state index contributed by atoms with van der Waals surface area (Å²) in [5, 5.41) is 11.9. The van der Waals surface area contributed by atoms with Crippen molar-refractivity contribution in [2.75, 3.05) is 30.5 Å². The molecule has 1 aliphatic rings. The Bertz CT molecular complexity index is 1380. The molecular formula is C28H29N3O6S. The number of aliphatic hydroxyl groups is 1. The number of hydrogen-bond acceptors (Lipinski definition) is 6. The highest BCUT2D eigenvalue weighted by atomic mass is 32.2. The molecule has 1 fully saturated rings. The van der Waals surface area contributed by atoms with E-state index in [1.165, 1.54) is 48.5 Å². The number of nitrogens with one attached hydrogen (secondary N) is 1. The zero-order chi connectivity index (χ0) is 27.1. The zero-order valence-corrected chi connectivity index (χ0v) is 21.5. The van der Waals surface area contributed by atoms with Crippen molar-refractivity contribution in [2.45, 2.75) is 17.7 Å². The van der Waals surface area contributed by atoms with Crippen LogP contribution >= 0.6 is 0 Å². The Kier molecular flexibility index (Phi) is 8.55. The molecule has 3 aromatic rings. The molecule has 0 aliphatic carbocycles. The normalized spacial score (nSPS) is 15.5. The lowest BCUT2D eigenvalue weighted by Crippen LogP contribution is -2.45. The van der Waals surface area contributed by atoms with Crippen LogP contribution in [0.5, 0.6) is 0 Å². The third kappa shape index (κ3) is 6.09. The SMILES string of the molecule is O=C(NCC(=O)N1CCCC(CO)C1)c1ccc(S(=O)(=O)N(C(=O)c2ccccc2)c2ccccc2)cc1. The van der Waals surface area contributed by atoms with Crippen LogP contribution in [0.1, 0.15) is 33.6 Å². The molecule has 3 amide bonds. The molecule has 0 bridgehead atoms. The van der Waals surface area contributed by atoms with Crippen molar-refractivity contribution in [3.63, 3.8) is 0 Å². The van der Waals surface area contributed by atoms with E-state index in [9.17, 15) is 27.9 Å². The largest absolute Gasteiger partial charge is 0.396 e. The number of para-hydroxylation sites is 1. The number of likely N-dealkylation sites (tertiary alicyclic amines) is 1. The van der Waals surface area contributed by atoms with E-state index < -0.39 is 21.8 Å². The number of benzene rings is 3. The first-order valence-corrected chi connectivity index (χ1v) is 13.7. The first-order chi connectivity index (χ1) is 18.3. The van der Waals surface area contributed by atoms with Gasteiger partial charge in [-0.1, -0.05) is 36.4 Å². The molecule has 0 saturated carbocycles. The van der Waals surface area contributed by atoms with Crippen LogP contribution in [0.25, 0.3) is 0 Å². The number of piperidine rings is 1. The van der Waals surface area contributed by atoms with Gasteiger partial charge in [0.05, 0.1) is 17.1 Å². The topological polar surface area (TPSA) is 124 Å². The predicted octanol–water partition coefficient (Wildman–Crippen LogP) is 2.68. The monoisotopic (exact) mass is 535 g/mol. The number of carbonyl (C=O) groups excluding carboxylic acids is 3. The molecule has 1 saturated heterocycles. The lowest BCUT2D eigenvalue weighted by molar-refractivity contribution is -0.132. The fourth-order valence-electron chi connectivity index (χ4n) is 4.32. The maximum absolute atomic E-state index is 13.6. The highest BCUT2D eigenvalue weighted by Gasteiger charge is 2.32. The second-order valence-corrected chi connectivity index (χ2v) is 10.8. The van der Waals surface area contributed by atoms with E-state index in [-0.39, 0.29) is 46.7 Å². The number of carbonyl (C=O) groups is 3. The molecule has 9 nitrogen and oxygen atoms in total. The van der Waals surface area contributed by atoms with Gasteiger partial charge in [0, 0.05) is 30.8 Å². The van der Waals surface area contributed by atoms with Gasteiger partial charge in [0.2, 0.25) is 5.91 Å². The highest BCUT2D eigenvalue weighted by molar-refractivity contribution is 7.93. The van der Waals surface area contributed by atoms with Crippen molar-refractivity contribution in [3.05, 3.63) is 96.1 Å². The third-order valence-electron chi connectivity index (χ3n) is 6.38. The van der Waals surface area contributed by atoms with Crippen LogP contribution in [0, 0.1) is 5.92 Å². The first kappa shape index (κ1) is 27.0. The molecule has 198 valence electrons. The van der Waals surface area contributed by atoms with Gasteiger partial charge in [-0.25, -0.2) is 8.42 Å². The Morgan fingerprint density at radius 1 is 0.895 bits per heavy atom. The molecule has 10 heteroatoms. The first-order valence-electron chi connectivity index (χ1n) is 12.3. The summed E-state index contributed by atoms with van der Waals surface area (Å²) in [6, 6.07) is 21.4. The average Bonchev–Trinajstić information content (AvgIpc) is 2.96. The highest BCUT2D eigenvalue weighted by Crippen LogP contribution is 2.26. The maximum atomic E-state index is 13.6. The van der Waals surface area contributed by atoms with E-state index >= 15 is 0 Å². The number of anilines is 1. The van der Waals surface area contributed by atoms with Crippen LogP contribution in [0.15, 0.2) is 89.8 Å². The molecular weight excluding hydrogens is 506 g/mol. The molecule has 1 aliphatic heterocycles. The van der Waals surface area contributed by atoms with E-state index in [0.717, 1.165) is 17.1 Å². The summed E-state index contributed by atoms with van der Waals surface area (Å²) >= 11 is 0. The minimum atomic E-state index is -4.32. The Balaban J connectivity index is 1.49. The van der Waals surface area contributed by atoms with Crippen LogP contribution in [0.3, 0.4) is 0 Å². The summed E-state index contributed by atoms with van der Waals surface area (Å²) < 4.78 is 28.0. The van der Waals surface area contributed by atoms with Crippen LogP contribution in [-0.4, -0.2) is 62.4 Å². The Morgan fingerprint density at radius 2 is 1.53 bits per heavy atom. The van der Waals surface area contributed by atoms with Crippen molar-refractivity contribution >= 4 is 33.4 Å². The van der Waals surface area contributed by atoms with Gasteiger partial charge in [-0.15, -0.1) is 0 Å². The van der Waals surface area contributed by atoms with Gasteiger partial charge >= 0.3 is 0 Å². The average molecular weight is 536 g/mol. The Morgan fingerprint density at radius 3 is 2.16 bits per heavy atom. The van der Waals surface area contributed by atoms with Gasteiger partial charge in [-0.3, -0.25) is 14.4 Å². The van der Waals surface area contributed by atoms with Gasteiger partial charge in [-0.2, -0.15) is 4.31 Å². The smallest absolute Gasteiger partial charge is 0.272 e. The van der Waals surface area contributed by atoms with Crippen LogP contribution in [0.2, 0.25) is 0 Å². The Hall–Kier alpha value is -4.02. The minimum Gasteiger partial charge on any atom is -0.396 e. The standard InChI is InChI=1S/C28H29N3O6S/c32-20-21-8-7-17-30(19-21)26(33)18-29-27(34)22-13-15-25(16-14-22)38(36,37)31(24-11-5-2-6-12-24)28(35)23-9-3-1-4-10-23/h1-6,9-16,21,32H,7-8,17-20H2,(H,29,34). The fraction of sp³-hybridized carbons (Fsp3) is 0.250. The molecule has 1 unspecified atom stereocenters. The van der Waals surface area contributed by atoms with E-state index in [1.54, 1.807) is 41.3 Å².